The summed E-state index contributed by atoms with van der Waals surface area (Å²) in [4.78, 5) is 4.04. The van der Waals surface area contributed by atoms with Crippen LogP contribution in [0.25, 0.3) is 0 Å². The van der Waals surface area contributed by atoms with Gasteiger partial charge in [0.1, 0.15) is 4.90 Å². The van der Waals surface area contributed by atoms with E-state index in [0.717, 1.165) is 0 Å². The van der Waals surface area contributed by atoms with Crippen LogP contribution in [0.2, 0.25) is 0 Å². The van der Waals surface area contributed by atoms with Crippen molar-refractivity contribution in [1.29, 1.82) is 0 Å². The number of hydrogen-bond donors (Lipinski definition) is 1. The summed E-state index contributed by atoms with van der Waals surface area (Å²) in [7, 11) is -3.67. The molecule has 0 fully saturated rings. The number of rotatable bonds is 3. The van der Waals surface area contributed by atoms with Crippen LogP contribution in [0.1, 0.15) is 0 Å². The van der Waals surface area contributed by atoms with Gasteiger partial charge in [-0.2, -0.15) is 0 Å². The van der Waals surface area contributed by atoms with Crippen molar-refractivity contribution >= 4 is 63.5 Å². The second-order valence-electron chi connectivity index (χ2n) is 3.54. The van der Waals surface area contributed by atoms with E-state index in [2.05, 4.69) is 57.5 Å². The quantitative estimate of drug-likeness (QED) is 0.732. The van der Waals surface area contributed by atoms with Crippen molar-refractivity contribution in [2.45, 2.75) is 4.90 Å². The smallest absolute Gasteiger partial charge is 0.263 e. The highest BCUT2D eigenvalue weighted by Crippen LogP contribution is 2.29. The average Bonchev–Trinajstić information content (AvgIpc) is 2.35. The van der Waals surface area contributed by atoms with Crippen LogP contribution in [0.15, 0.2) is 55.0 Å². The zero-order chi connectivity index (χ0) is 14.0. The SMILES string of the molecule is O=S(=O)(Nc1ccncc1Br)c1cc(Br)ccc1Br. The molecule has 1 aromatic heterocycles. The van der Waals surface area contributed by atoms with Crippen molar-refractivity contribution in [3.8, 4) is 0 Å². The van der Waals surface area contributed by atoms with E-state index >= 15 is 0 Å². The first-order chi connectivity index (χ1) is 8.90. The predicted molar refractivity (Wildman–Crippen MR) is 84.6 cm³/mol. The Bertz CT molecular complexity index is 720. The molecule has 19 heavy (non-hydrogen) atoms. The fourth-order valence-corrected chi connectivity index (χ4v) is 4.40. The van der Waals surface area contributed by atoms with Gasteiger partial charge in [-0.15, -0.1) is 0 Å². The minimum absolute atomic E-state index is 0.158. The van der Waals surface area contributed by atoms with Crippen LogP contribution < -0.4 is 4.72 Å². The molecule has 0 amide bonds. The molecule has 2 aromatic rings. The molecule has 0 radical (unpaired) electrons. The maximum absolute atomic E-state index is 12.3. The number of pyridine rings is 1. The van der Waals surface area contributed by atoms with Gasteiger partial charge in [0.15, 0.2) is 0 Å². The summed E-state index contributed by atoms with van der Waals surface area (Å²) in [6.07, 6.45) is 3.03. The highest BCUT2D eigenvalue weighted by Gasteiger charge is 2.19. The molecule has 1 aromatic carbocycles. The van der Waals surface area contributed by atoms with E-state index in [1.165, 1.54) is 18.5 Å². The van der Waals surface area contributed by atoms with E-state index in [0.29, 0.717) is 19.1 Å². The summed E-state index contributed by atoms with van der Waals surface area (Å²) in [6.45, 7) is 0. The second-order valence-corrected chi connectivity index (χ2v) is 7.81. The molecule has 8 heteroatoms. The van der Waals surface area contributed by atoms with E-state index < -0.39 is 10.0 Å². The van der Waals surface area contributed by atoms with Gasteiger partial charge in [-0.05, 0) is 56.1 Å². The maximum Gasteiger partial charge on any atom is 0.263 e. The summed E-state index contributed by atoms with van der Waals surface area (Å²) in [5.74, 6) is 0. The van der Waals surface area contributed by atoms with Gasteiger partial charge in [-0.25, -0.2) is 8.42 Å². The molecule has 2 rings (SSSR count). The third-order valence-corrected chi connectivity index (χ3v) is 5.68. The zero-order valence-corrected chi connectivity index (χ0v) is 14.8. The molecule has 0 saturated carbocycles. The van der Waals surface area contributed by atoms with Crippen LogP contribution in [0, 0.1) is 0 Å². The molecule has 0 aliphatic rings. The van der Waals surface area contributed by atoms with Crippen LogP contribution in [-0.2, 0) is 10.0 Å². The highest BCUT2D eigenvalue weighted by atomic mass is 79.9. The van der Waals surface area contributed by atoms with E-state index in [1.54, 1.807) is 18.2 Å². The number of benzene rings is 1. The van der Waals surface area contributed by atoms with Gasteiger partial charge in [0.2, 0.25) is 0 Å². The highest BCUT2D eigenvalue weighted by molar-refractivity contribution is 9.11. The molecule has 1 N–H and O–H groups in total. The normalized spacial score (nSPS) is 11.3. The Labute approximate surface area is 136 Å². The molecular weight excluding hydrogens is 464 g/mol. The van der Waals surface area contributed by atoms with Crippen LogP contribution >= 0.6 is 47.8 Å². The number of nitrogens with zero attached hydrogens (tertiary/aromatic N) is 1. The zero-order valence-electron chi connectivity index (χ0n) is 9.27. The summed E-state index contributed by atoms with van der Waals surface area (Å²) >= 11 is 9.73. The van der Waals surface area contributed by atoms with Crippen molar-refractivity contribution in [1.82, 2.24) is 4.98 Å². The average molecular weight is 471 g/mol. The Morgan fingerprint density at radius 2 is 1.79 bits per heavy atom. The Hall–Kier alpha value is -0.440. The summed E-state index contributed by atoms with van der Waals surface area (Å²) in [5, 5.41) is 0. The fourth-order valence-electron chi connectivity index (χ4n) is 1.34. The van der Waals surface area contributed by atoms with Gasteiger partial charge in [-0.3, -0.25) is 9.71 Å². The van der Waals surface area contributed by atoms with Crippen LogP contribution in [0.4, 0.5) is 5.69 Å². The van der Waals surface area contributed by atoms with Crippen LogP contribution in [0.3, 0.4) is 0 Å². The van der Waals surface area contributed by atoms with Crippen molar-refractivity contribution < 1.29 is 8.42 Å². The molecule has 0 atom stereocenters. The molecule has 0 aliphatic carbocycles. The maximum atomic E-state index is 12.3. The lowest BCUT2D eigenvalue weighted by molar-refractivity contribution is 0.600. The predicted octanol–water partition coefficient (Wildman–Crippen LogP) is 4.17. The Balaban J connectivity index is 2.44. The Kier molecular flexibility index (Phi) is 4.65. The number of sulfonamides is 1. The molecule has 1 heterocycles. The second kappa shape index (κ2) is 5.90. The van der Waals surface area contributed by atoms with Gasteiger partial charge in [0.05, 0.1) is 10.2 Å². The van der Waals surface area contributed by atoms with E-state index in [4.69, 9.17) is 0 Å². The molecule has 0 saturated heterocycles. The summed E-state index contributed by atoms with van der Waals surface area (Å²) in [5.41, 5.74) is 0.432. The number of halogens is 3. The van der Waals surface area contributed by atoms with E-state index in [1.807, 2.05) is 0 Å². The van der Waals surface area contributed by atoms with Gasteiger partial charge in [-0.1, -0.05) is 15.9 Å². The number of nitrogens with one attached hydrogen (secondary N) is 1. The standard InChI is InChI=1S/C11H7Br3N2O2S/c12-7-1-2-8(13)11(5-7)19(17,18)16-10-3-4-15-6-9(10)14/h1-6H,(H,15,16). The summed E-state index contributed by atoms with van der Waals surface area (Å²) < 4.78 is 28.9. The van der Waals surface area contributed by atoms with Gasteiger partial charge in [0.25, 0.3) is 10.0 Å². The molecule has 0 unspecified atom stereocenters. The third kappa shape index (κ3) is 3.56. The lowest BCUT2D eigenvalue weighted by Crippen LogP contribution is -2.14. The Morgan fingerprint density at radius 3 is 2.47 bits per heavy atom. The Morgan fingerprint density at radius 1 is 1.05 bits per heavy atom. The fraction of sp³-hybridized carbons (Fsp3) is 0. The molecule has 0 aliphatic heterocycles. The van der Waals surface area contributed by atoms with Crippen molar-refractivity contribution in [3.63, 3.8) is 0 Å². The monoisotopic (exact) mass is 468 g/mol. The van der Waals surface area contributed by atoms with E-state index in [9.17, 15) is 8.42 Å². The first-order valence-corrected chi connectivity index (χ1v) is 8.84. The lowest BCUT2D eigenvalue weighted by Gasteiger charge is -2.11. The van der Waals surface area contributed by atoms with Gasteiger partial charge < -0.3 is 0 Å². The first kappa shape index (κ1) is 15.0. The van der Waals surface area contributed by atoms with Crippen molar-refractivity contribution in [2.24, 2.45) is 0 Å². The molecule has 4 nitrogen and oxygen atoms in total. The molecular formula is C11H7Br3N2O2S. The van der Waals surface area contributed by atoms with Crippen LogP contribution in [-0.4, -0.2) is 13.4 Å². The summed E-state index contributed by atoms with van der Waals surface area (Å²) in [6, 6.07) is 6.53. The molecule has 0 bridgehead atoms. The number of hydrogen-bond acceptors (Lipinski definition) is 3. The largest absolute Gasteiger partial charge is 0.278 e. The number of aromatic nitrogens is 1. The molecule has 0 spiro atoms. The lowest BCUT2D eigenvalue weighted by atomic mass is 10.4. The third-order valence-electron chi connectivity index (χ3n) is 2.20. The van der Waals surface area contributed by atoms with Gasteiger partial charge in [0, 0.05) is 21.3 Å². The van der Waals surface area contributed by atoms with Crippen molar-refractivity contribution in [3.05, 3.63) is 50.1 Å². The minimum Gasteiger partial charge on any atom is -0.278 e. The topological polar surface area (TPSA) is 59.1 Å². The van der Waals surface area contributed by atoms with Gasteiger partial charge >= 0.3 is 0 Å². The minimum atomic E-state index is -3.67. The van der Waals surface area contributed by atoms with Crippen molar-refractivity contribution in [2.75, 3.05) is 4.72 Å². The van der Waals surface area contributed by atoms with E-state index in [-0.39, 0.29) is 4.90 Å². The number of anilines is 1. The molecule has 100 valence electrons. The first-order valence-electron chi connectivity index (χ1n) is 4.97. The van der Waals surface area contributed by atoms with Crippen LogP contribution in [0.5, 0.6) is 0 Å².